The summed E-state index contributed by atoms with van der Waals surface area (Å²) in [6, 6.07) is 10.1. The van der Waals surface area contributed by atoms with Gasteiger partial charge in [0, 0.05) is 10.7 Å². The summed E-state index contributed by atoms with van der Waals surface area (Å²) in [4.78, 5) is 0. The number of benzene rings is 1. The summed E-state index contributed by atoms with van der Waals surface area (Å²) in [7, 11) is 0. The normalized spacial score (nSPS) is 31.7. The van der Waals surface area contributed by atoms with Crippen LogP contribution in [0.1, 0.15) is 33.1 Å². The second kappa shape index (κ2) is 5.20. The Morgan fingerprint density at radius 3 is 2.61 bits per heavy atom. The average Bonchev–Trinajstić information content (AvgIpc) is 2.38. The van der Waals surface area contributed by atoms with Gasteiger partial charge in [-0.3, -0.25) is 0 Å². The number of rotatable bonds is 2. The van der Waals surface area contributed by atoms with E-state index in [1.165, 1.54) is 6.42 Å². The van der Waals surface area contributed by atoms with E-state index >= 15 is 0 Å². The lowest BCUT2D eigenvalue weighted by molar-refractivity contribution is 0.206. The van der Waals surface area contributed by atoms with Gasteiger partial charge in [0.1, 0.15) is 5.54 Å². The fraction of sp³-hybridized carbons (Fsp3) is 0.533. The Labute approximate surface area is 114 Å². The van der Waals surface area contributed by atoms with Gasteiger partial charge in [0.2, 0.25) is 0 Å². The molecular formula is C15H19ClN2. The summed E-state index contributed by atoms with van der Waals surface area (Å²) in [6.45, 7) is 4.41. The molecule has 0 saturated heterocycles. The van der Waals surface area contributed by atoms with Crippen molar-refractivity contribution < 1.29 is 0 Å². The Kier molecular flexibility index (Phi) is 3.82. The van der Waals surface area contributed by atoms with Crippen molar-refractivity contribution in [2.24, 2.45) is 11.8 Å². The monoisotopic (exact) mass is 262 g/mol. The summed E-state index contributed by atoms with van der Waals surface area (Å²) in [5.74, 6) is 0.935. The molecule has 0 aromatic heterocycles. The topological polar surface area (TPSA) is 35.8 Å². The molecule has 1 aliphatic rings. The molecule has 3 atom stereocenters. The molecule has 0 aliphatic heterocycles. The minimum absolute atomic E-state index is 0.354. The van der Waals surface area contributed by atoms with Gasteiger partial charge in [-0.25, -0.2) is 0 Å². The Hall–Kier alpha value is -1.20. The first kappa shape index (κ1) is 13.2. The Morgan fingerprint density at radius 1 is 1.33 bits per heavy atom. The van der Waals surface area contributed by atoms with Crippen LogP contribution in [-0.4, -0.2) is 5.54 Å². The van der Waals surface area contributed by atoms with E-state index in [1.54, 1.807) is 0 Å². The zero-order chi connectivity index (χ0) is 13.2. The summed E-state index contributed by atoms with van der Waals surface area (Å²) in [5.41, 5.74) is 0.535. The number of nitrogens with zero attached hydrogens (tertiary/aromatic N) is 1. The standard InChI is InChI=1S/C15H19ClN2/c1-11-4-3-9-15(10-17,12(11)2)18-14-7-5-13(16)6-8-14/h5-8,11-12,18H,3-4,9H2,1-2H3. The van der Waals surface area contributed by atoms with Crippen molar-refractivity contribution in [2.75, 3.05) is 5.32 Å². The fourth-order valence-electron chi connectivity index (χ4n) is 2.82. The number of hydrogen-bond acceptors (Lipinski definition) is 2. The van der Waals surface area contributed by atoms with E-state index < -0.39 is 5.54 Å². The van der Waals surface area contributed by atoms with Crippen LogP contribution in [0, 0.1) is 23.2 Å². The Balaban J connectivity index is 2.23. The minimum atomic E-state index is -0.439. The molecule has 96 valence electrons. The van der Waals surface area contributed by atoms with Crippen molar-refractivity contribution in [1.29, 1.82) is 5.26 Å². The summed E-state index contributed by atoms with van der Waals surface area (Å²) in [6.07, 6.45) is 3.24. The maximum atomic E-state index is 9.61. The average molecular weight is 263 g/mol. The molecule has 18 heavy (non-hydrogen) atoms. The maximum Gasteiger partial charge on any atom is 0.128 e. The van der Waals surface area contributed by atoms with Crippen molar-refractivity contribution >= 4 is 17.3 Å². The summed E-state index contributed by atoms with van der Waals surface area (Å²) < 4.78 is 0. The van der Waals surface area contributed by atoms with Crippen molar-refractivity contribution in [1.82, 2.24) is 0 Å². The van der Waals surface area contributed by atoms with Crippen LogP contribution in [0.15, 0.2) is 24.3 Å². The van der Waals surface area contributed by atoms with Crippen LogP contribution >= 0.6 is 11.6 Å². The van der Waals surface area contributed by atoms with Crippen molar-refractivity contribution in [3.63, 3.8) is 0 Å². The number of halogens is 1. The van der Waals surface area contributed by atoms with Gasteiger partial charge in [0.15, 0.2) is 0 Å². The van der Waals surface area contributed by atoms with E-state index in [4.69, 9.17) is 11.6 Å². The summed E-state index contributed by atoms with van der Waals surface area (Å²) in [5, 5.41) is 13.8. The predicted molar refractivity (Wildman–Crippen MR) is 75.6 cm³/mol. The van der Waals surface area contributed by atoms with Gasteiger partial charge in [0.25, 0.3) is 0 Å². The van der Waals surface area contributed by atoms with Crippen LogP contribution in [-0.2, 0) is 0 Å². The van der Waals surface area contributed by atoms with Gasteiger partial charge >= 0.3 is 0 Å². The molecule has 1 fully saturated rings. The van der Waals surface area contributed by atoms with E-state index in [0.717, 1.165) is 23.6 Å². The second-order valence-corrected chi connectivity index (χ2v) is 5.81. The van der Waals surface area contributed by atoms with Crippen LogP contribution < -0.4 is 5.32 Å². The third-order valence-electron chi connectivity index (χ3n) is 4.27. The van der Waals surface area contributed by atoms with E-state index in [9.17, 15) is 5.26 Å². The maximum absolute atomic E-state index is 9.61. The lowest BCUT2D eigenvalue weighted by Gasteiger charge is -2.42. The smallest absolute Gasteiger partial charge is 0.128 e. The molecule has 1 aliphatic carbocycles. The zero-order valence-corrected chi connectivity index (χ0v) is 11.7. The molecular weight excluding hydrogens is 244 g/mol. The second-order valence-electron chi connectivity index (χ2n) is 5.37. The molecule has 1 aromatic carbocycles. The van der Waals surface area contributed by atoms with Crippen molar-refractivity contribution in [2.45, 2.75) is 38.6 Å². The Morgan fingerprint density at radius 2 is 2.00 bits per heavy atom. The largest absolute Gasteiger partial charge is 0.367 e. The number of anilines is 1. The molecule has 3 heteroatoms. The van der Waals surface area contributed by atoms with Gasteiger partial charge in [-0.05, 0) is 48.9 Å². The minimum Gasteiger partial charge on any atom is -0.367 e. The molecule has 0 heterocycles. The third-order valence-corrected chi connectivity index (χ3v) is 4.52. The van der Waals surface area contributed by atoms with Crippen LogP contribution in [0.25, 0.3) is 0 Å². The van der Waals surface area contributed by atoms with E-state index in [-0.39, 0.29) is 0 Å². The number of hydrogen-bond donors (Lipinski definition) is 1. The first-order chi connectivity index (χ1) is 8.57. The zero-order valence-electron chi connectivity index (χ0n) is 10.9. The van der Waals surface area contributed by atoms with Crippen molar-refractivity contribution in [3.8, 4) is 6.07 Å². The fourth-order valence-corrected chi connectivity index (χ4v) is 2.95. The molecule has 0 bridgehead atoms. The first-order valence-corrected chi connectivity index (χ1v) is 6.90. The van der Waals surface area contributed by atoms with Crippen LogP contribution in [0.2, 0.25) is 5.02 Å². The molecule has 3 unspecified atom stereocenters. The quantitative estimate of drug-likeness (QED) is 0.854. The van der Waals surface area contributed by atoms with Gasteiger partial charge in [-0.1, -0.05) is 31.9 Å². The molecule has 0 radical (unpaired) electrons. The van der Waals surface area contributed by atoms with Gasteiger partial charge in [-0.15, -0.1) is 0 Å². The molecule has 1 saturated carbocycles. The third kappa shape index (κ3) is 2.47. The highest BCUT2D eigenvalue weighted by Gasteiger charge is 2.41. The molecule has 1 N–H and O–H groups in total. The lowest BCUT2D eigenvalue weighted by Crippen LogP contribution is -2.48. The highest BCUT2D eigenvalue weighted by molar-refractivity contribution is 6.30. The first-order valence-electron chi connectivity index (χ1n) is 6.52. The number of nitrogens with one attached hydrogen (secondary N) is 1. The Bertz CT molecular complexity index is 449. The predicted octanol–water partition coefficient (Wildman–Crippen LogP) is 4.47. The van der Waals surface area contributed by atoms with Crippen LogP contribution in [0.5, 0.6) is 0 Å². The highest BCUT2D eigenvalue weighted by atomic mass is 35.5. The van der Waals surface area contributed by atoms with Crippen LogP contribution in [0.3, 0.4) is 0 Å². The van der Waals surface area contributed by atoms with E-state index in [2.05, 4.69) is 25.2 Å². The molecule has 2 nitrogen and oxygen atoms in total. The summed E-state index contributed by atoms with van der Waals surface area (Å²) >= 11 is 5.88. The highest BCUT2D eigenvalue weighted by Crippen LogP contribution is 2.39. The molecule has 1 aromatic rings. The SMILES string of the molecule is CC1CCCC(C#N)(Nc2ccc(Cl)cc2)C1C. The van der Waals surface area contributed by atoms with Gasteiger partial charge < -0.3 is 5.32 Å². The van der Waals surface area contributed by atoms with E-state index in [0.29, 0.717) is 11.8 Å². The molecule has 0 spiro atoms. The lowest BCUT2D eigenvalue weighted by atomic mass is 9.69. The molecule has 0 amide bonds. The van der Waals surface area contributed by atoms with Gasteiger partial charge in [-0.2, -0.15) is 5.26 Å². The molecule has 2 rings (SSSR count). The van der Waals surface area contributed by atoms with Crippen LogP contribution in [0.4, 0.5) is 5.69 Å². The number of nitriles is 1. The van der Waals surface area contributed by atoms with E-state index in [1.807, 2.05) is 24.3 Å². The van der Waals surface area contributed by atoms with Gasteiger partial charge in [0.05, 0.1) is 6.07 Å². The van der Waals surface area contributed by atoms with Crippen molar-refractivity contribution in [3.05, 3.63) is 29.3 Å².